The second-order valence-corrected chi connectivity index (χ2v) is 3.50. The van der Waals surface area contributed by atoms with Gasteiger partial charge in [0.1, 0.15) is 6.04 Å². The van der Waals surface area contributed by atoms with Gasteiger partial charge in [0.25, 0.3) is 11.8 Å². The molecule has 6 heteroatoms. The molecule has 4 N–H and O–H groups in total. The summed E-state index contributed by atoms with van der Waals surface area (Å²) in [6.07, 6.45) is -0.110. The Bertz CT molecular complexity index is 394. The molecule has 17 heavy (non-hydrogen) atoms. The van der Waals surface area contributed by atoms with E-state index >= 15 is 0 Å². The van der Waals surface area contributed by atoms with Crippen molar-refractivity contribution < 1.29 is 19.9 Å². The second kappa shape index (κ2) is 6.09. The predicted molar refractivity (Wildman–Crippen MR) is 58.8 cm³/mol. The normalized spacial score (nSPS) is 11.9. The molecule has 0 aliphatic rings. The van der Waals surface area contributed by atoms with E-state index in [1.165, 1.54) is 0 Å². The van der Waals surface area contributed by atoms with Gasteiger partial charge in [-0.15, -0.1) is 0 Å². The van der Waals surface area contributed by atoms with Gasteiger partial charge in [-0.2, -0.15) is 5.06 Å². The lowest BCUT2D eigenvalue weighted by Gasteiger charge is -2.16. The minimum atomic E-state index is -1.29. The van der Waals surface area contributed by atoms with Crippen molar-refractivity contribution >= 4 is 11.8 Å². The van der Waals surface area contributed by atoms with E-state index in [-0.39, 0.29) is 11.5 Å². The topological polar surface area (TPSA) is 104 Å². The second-order valence-electron chi connectivity index (χ2n) is 3.50. The fourth-order valence-corrected chi connectivity index (χ4v) is 1.20. The number of aliphatic hydroxyl groups is 1. The first-order chi connectivity index (χ1) is 8.06. The third kappa shape index (κ3) is 3.63. The molecule has 92 valence electrons. The number of aliphatic hydroxyl groups excluding tert-OH is 1. The minimum absolute atomic E-state index is 0.0477. The highest BCUT2D eigenvalue weighted by Crippen LogP contribution is 2.02. The van der Waals surface area contributed by atoms with Crippen LogP contribution in [0.2, 0.25) is 0 Å². The zero-order chi connectivity index (χ0) is 12.8. The molecule has 0 aliphatic carbocycles. The first-order valence-corrected chi connectivity index (χ1v) is 5.02. The lowest BCUT2D eigenvalue weighted by molar-refractivity contribution is -0.180. The lowest BCUT2D eigenvalue weighted by atomic mass is 10.1. The Morgan fingerprint density at radius 3 is 2.41 bits per heavy atom. The van der Waals surface area contributed by atoms with E-state index in [1.807, 2.05) is 0 Å². The third-order valence-electron chi connectivity index (χ3n) is 2.16. The molecule has 0 spiro atoms. The smallest absolute Gasteiger partial charge is 0.272 e. The van der Waals surface area contributed by atoms with Crippen LogP contribution in [0.4, 0.5) is 0 Å². The summed E-state index contributed by atoms with van der Waals surface area (Å²) in [6.45, 7) is -0.630. The number of hydrogen-bond acceptors (Lipinski definition) is 5. The van der Waals surface area contributed by atoms with Crippen LogP contribution >= 0.6 is 0 Å². The van der Waals surface area contributed by atoms with Crippen molar-refractivity contribution in [2.45, 2.75) is 12.5 Å². The molecule has 0 heterocycles. The van der Waals surface area contributed by atoms with Crippen LogP contribution in [0.5, 0.6) is 0 Å². The van der Waals surface area contributed by atoms with Crippen LogP contribution in [0.3, 0.4) is 0 Å². The Hall–Kier alpha value is -1.76. The van der Waals surface area contributed by atoms with Crippen LogP contribution in [-0.2, 0) is 16.0 Å². The van der Waals surface area contributed by atoms with Gasteiger partial charge in [-0.05, 0) is 5.56 Å². The molecule has 6 nitrogen and oxygen atoms in total. The minimum Gasteiger partial charge on any atom is -0.394 e. The lowest BCUT2D eigenvalue weighted by Crippen LogP contribution is -2.47. The molecule has 1 aromatic carbocycles. The van der Waals surface area contributed by atoms with E-state index in [2.05, 4.69) is 0 Å². The van der Waals surface area contributed by atoms with E-state index in [9.17, 15) is 14.8 Å². The number of carbonyl (C=O) groups is 2. The summed E-state index contributed by atoms with van der Waals surface area (Å²) in [4.78, 5) is 22.8. The van der Waals surface area contributed by atoms with Crippen molar-refractivity contribution in [2.75, 3.05) is 6.61 Å². The summed E-state index contributed by atoms with van der Waals surface area (Å²) in [5, 5.41) is 17.9. The molecule has 0 unspecified atom stereocenters. The highest BCUT2D eigenvalue weighted by atomic mass is 16.5. The van der Waals surface area contributed by atoms with Gasteiger partial charge in [-0.25, -0.2) is 0 Å². The fraction of sp³-hybridized carbons (Fsp3) is 0.273. The highest BCUT2D eigenvalue weighted by Gasteiger charge is 2.24. The molecule has 0 saturated carbocycles. The van der Waals surface area contributed by atoms with Gasteiger partial charge in [0.2, 0.25) is 0 Å². The van der Waals surface area contributed by atoms with Crippen molar-refractivity contribution in [1.82, 2.24) is 5.06 Å². The van der Waals surface area contributed by atoms with Gasteiger partial charge in [-0.3, -0.25) is 14.8 Å². The predicted octanol–water partition coefficient (Wildman–Crippen LogP) is -0.707. The van der Waals surface area contributed by atoms with Gasteiger partial charge in [0, 0.05) is 0 Å². The van der Waals surface area contributed by atoms with Gasteiger partial charge in [0.05, 0.1) is 13.0 Å². The molecule has 0 aliphatic heterocycles. The summed E-state index contributed by atoms with van der Waals surface area (Å²) in [7, 11) is 0. The Morgan fingerprint density at radius 2 is 1.88 bits per heavy atom. The monoisotopic (exact) mass is 238 g/mol. The number of imide groups is 1. The molecule has 0 fully saturated rings. The van der Waals surface area contributed by atoms with Crippen LogP contribution in [0, 0.1) is 0 Å². The number of carbonyl (C=O) groups excluding carboxylic acids is 2. The van der Waals surface area contributed by atoms with Crippen molar-refractivity contribution in [3.8, 4) is 0 Å². The standard InChI is InChI=1S/C11H14N2O4/c12-9(7-14)11(16)13(17)10(15)6-8-4-2-1-3-5-8/h1-5,9,14,17H,6-7,12H2/t9-/m0/s1. The van der Waals surface area contributed by atoms with Crippen molar-refractivity contribution in [3.63, 3.8) is 0 Å². The maximum absolute atomic E-state index is 11.5. The largest absolute Gasteiger partial charge is 0.394 e. The van der Waals surface area contributed by atoms with Gasteiger partial charge < -0.3 is 10.8 Å². The number of nitrogens with two attached hydrogens (primary N) is 1. The molecule has 2 amide bonds. The molecule has 0 saturated heterocycles. The molecule has 0 bridgehead atoms. The van der Waals surface area contributed by atoms with E-state index in [0.29, 0.717) is 5.56 Å². The summed E-state index contributed by atoms with van der Waals surface area (Å²) < 4.78 is 0. The van der Waals surface area contributed by atoms with Crippen LogP contribution in [0.15, 0.2) is 30.3 Å². The number of benzene rings is 1. The van der Waals surface area contributed by atoms with Gasteiger partial charge >= 0.3 is 0 Å². The van der Waals surface area contributed by atoms with Crippen molar-refractivity contribution in [3.05, 3.63) is 35.9 Å². The zero-order valence-corrected chi connectivity index (χ0v) is 9.11. The molecule has 0 aromatic heterocycles. The zero-order valence-electron chi connectivity index (χ0n) is 9.11. The van der Waals surface area contributed by atoms with E-state index in [1.54, 1.807) is 30.3 Å². The molecule has 1 atom stereocenters. The first-order valence-electron chi connectivity index (χ1n) is 5.02. The Morgan fingerprint density at radius 1 is 1.29 bits per heavy atom. The van der Waals surface area contributed by atoms with Crippen LogP contribution < -0.4 is 5.73 Å². The Balaban J connectivity index is 2.62. The maximum Gasteiger partial charge on any atom is 0.272 e. The number of rotatable bonds is 4. The fourth-order valence-electron chi connectivity index (χ4n) is 1.20. The summed E-state index contributed by atoms with van der Waals surface area (Å²) in [5.41, 5.74) is 5.86. The Labute approximate surface area is 98.2 Å². The SMILES string of the molecule is N[C@@H](CO)C(=O)N(O)C(=O)Cc1ccccc1. The highest BCUT2D eigenvalue weighted by molar-refractivity contribution is 5.97. The van der Waals surface area contributed by atoms with Gasteiger partial charge in [-0.1, -0.05) is 30.3 Å². The number of hydrogen-bond donors (Lipinski definition) is 3. The quantitative estimate of drug-likeness (QED) is 0.475. The van der Waals surface area contributed by atoms with Gasteiger partial charge in [0.15, 0.2) is 0 Å². The maximum atomic E-state index is 11.5. The number of nitrogens with zero attached hydrogens (tertiary/aromatic N) is 1. The summed E-state index contributed by atoms with van der Waals surface area (Å²) >= 11 is 0. The van der Waals surface area contributed by atoms with Crippen LogP contribution in [0.1, 0.15) is 5.56 Å². The summed E-state index contributed by atoms with van der Waals surface area (Å²) in [6, 6.07) is 7.37. The van der Waals surface area contributed by atoms with Crippen LogP contribution in [0.25, 0.3) is 0 Å². The average Bonchev–Trinajstić information content (AvgIpc) is 2.37. The van der Waals surface area contributed by atoms with E-state index in [0.717, 1.165) is 0 Å². The molecular weight excluding hydrogens is 224 g/mol. The number of amides is 2. The molecule has 1 aromatic rings. The van der Waals surface area contributed by atoms with Crippen molar-refractivity contribution in [2.24, 2.45) is 5.73 Å². The third-order valence-corrected chi connectivity index (χ3v) is 2.16. The average molecular weight is 238 g/mol. The summed E-state index contributed by atoms with van der Waals surface area (Å²) in [5.74, 6) is -1.81. The number of hydroxylamine groups is 2. The Kier molecular flexibility index (Phi) is 4.77. The van der Waals surface area contributed by atoms with Crippen LogP contribution in [-0.4, -0.2) is 39.8 Å². The van der Waals surface area contributed by atoms with E-state index in [4.69, 9.17) is 10.8 Å². The van der Waals surface area contributed by atoms with E-state index < -0.39 is 24.5 Å². The first kappa shape index (κ1) is 13.3. The molecule has 1 rings (SSSR count). The molecular formula is C11H14N2O4. The van der Waals surface area contributed by atoms with Crippen molar-refractivity contribution in [1.29, 1.82) is 0 Å². The molecule has 0 radical (unpaired) electrons.